The van der Waals surface area contributed by atoms with E-state index in [0.717, 1.165) is 18.5 Å². The molecule has 1 saturated heterocycles. The zero-order chi connectivity index (χ0) is 13.0. The summed E-state index contributed by atoms with van der Waals surface area (Å²) < 4.78 is 5.24. The molecule has 4 nitrogen and oxygen atoms in total. The average Bonchev–Trinajstić information content (AvgIpc) is 2.71. The van der Waals surface area contributed by atoms with Crippen molar-refractivity contribution in [2.24, 2.45) is 0 Å². The van der Waals surface area contributed by atoms with Crippen LogP contribution in [-0.4, -0.2) is 44.2 Å². The third-order valence-electron chi connectivity index (χ3n) is 3.37. The van der Waals surface area contributed by atoms with Crippen LogP contribution in [0.3, 0.4) is 0 Å². The molecule has 0 bridgehead atoms. The molecule has 0 saturated carbocycles. The fraction of sp³-hybridized carbons (Fsp3) is 0.500. The number of likely N-dealkylation sites (N-methyl/N-ethyl adjacent to an activating group) is 1. The van der Waals surface area contributed by atoms with Gasteiger partial charge in [-0.1, -0.05) is 30.3 Å². The fourth-order valence-corrected chi connectivity index (χ4v) is 2.31. The van der Waals surface area contributed by atoms with Crippen molar-refractivity contribution in [1.82, 2.24) is 10.2 Å². The van der Waals surface area contributed by atoms with E-state index < -0.39 is 0 Å². The molecule has 1 fully saturated rings. The van der Waals surface area contributed by atoms with E-state index >= 15 is 0 Å². The summed E-state index contributed by atoms with van der Waals surface area (Å²) in [4.78, 5) is 13.7. The van der Waals surface area contributed by atoms with Gasteiger partial charge in [-0.15, -0.1) is 0 Å². The molecule has 98 valence electrons. The van der Waals surface area contributed by atoms with Crippen LogP contribution in [0.15, 0.2) is 30.3 Å². The maximum atomic E-state index is 11.9. The highest BCUT2D eigenvalue weighted by Crippen LogP contribution is 2.17. The van der Waals surface area contributed by atoms with E-state index in [-0.39, 0.29) is 18.0 Å². The first kappa shape index (κ1) is 13.1. The van der Waals surface area contributed by atoms with E-state index in [4.69, 9.17) is 4.74 Å². The van der Waals surface area contributed by atoms with Gasteiger partial charge in [-0.2, -0.15) is 0 Å². The van der Waals surface area contributed by atoms with Gasteiger partial charge in [0.05, 0.1) is 18.7 Å². The van der Waals surface area contributed by atoms with Gasteiger partial charge in [0.15, 0.2) is 0 Å². The molecule has 2 atom stereocenters. The van der Waals surface area contributed by atoms with Crippen molar-refractivity contribution >= 4 is 5.91 Å². The molecule has 1 aromatic rings. The van der Waals surface area contributed by atoms with Gasteiger partial charge in [-0.25, -0.2) is 0 Å². The van der Waals surface area contributed by atoms with Gasteiger partial charge in [-0.05, 0) is 12.0 Å². The van der Waals surface area contributed by atoms with Crippen molar-refractivity contribution in [3.8, 4) is 0 Å². The molecular weight excluding hydrogens is 228 g/mol. The Bertz CT molecular complexity index is 394. The summed E-state index contributed by atoms with van der Waals surface area (Å²) >= 11 is 0. The predicted octanol–water partition coefficient (Wildman–Crippen LogP) is 1.19. The molecule has 4 heteroatoms. The Hall–Kier alpha value is -1.39. The smallest absolute Gasteiger partial charge is 0.239 e. The molecule has 2 unspecified atom stereocenters. The van der Waals surface area contributed by atoms with E-state index in [2.05, 4.69) is 17.4 Å². The highest BCUT2D eigenvalue weighted by molar-refractivity contribution is 5.83. The molecule has 1 heterocycles. The highest BCUT2D eigenvalue weighted by atomic mass is 16.5. The number of carbonyl (C=O) groups is 1. The normalized spacial score (nSPS) is 21.3. The van der Waals surface area contributed by atoms with Crippen LogP contribution in [0.25, 0.3) is 0 Å². The van der Waals surface area contributed by atoms with Crippen LogP contribution in [-0.2, 0) is 9.53 Å². The lowest BCUT2D eigenvalue weighted by Gasteiger charge is -2.22. The van der Waals surface area contributed by atoms with Crippen LogP contribution >= 0.6 is 0 Å². The molecule has 0 aromatic heterocycles. The Kier molecular flexibility index (Phi) is 4.33. The summed E-state index contributed by atoms with van der Waals surface area (Å²) in [7, 11) is 3.53. The summed E-state index contributed by atoms with van der Waals surface area (Å²) in [5.41, 5.74) is 1.15. The minimum atomic E-state index is -0.0876. The number of hydrogen-bond donors (Lipinski definition) is 1. The van der Waals surface area contributed by atoms with Crippen molar-refractivity contribution in [3.63, 3.8) is 0 Å². The third kappa shape index (κ3) is 2.89. The number of benzene rings is 1. The molecule has 1 aromatic carbocycles. The monoisotopic (exact) mass is 248 g/mol. The van der Waals surface area contributed by atoms with Crippen molar-refractivity contribution < 1.29 is 9.53 Å². The van der Waals surface area contributed by atoms with Crippen LogP contribution in [0.2, 0.25) is 0 Å². The zero-order valence-electron chi connectivity index (χ0n) is 10.9. The maximum absolute atomic E-state index is 11.9. The Morgan fingerprint density at radius 1 is 1.44 bits per heavy atom. The second-order valence-corrected chi connectivity index (χ2v) is 4.69. The zero-order valence-corrected chi connectivity index (χ0v) is 10.9. The number of likely N-dealkylation sites (tertiary alicyclic amines) is 1. The number of methoxy groups -OCH3 is 1. The van der Waals surface area contributed by atoms with E-state index in [1.807, 2.05) is 25.2 Å². The summed E-state index contributed by atoms with van der Waals surface area (Å²) in [6, 6.07) is 10.1. The number of nitrogens with one attached hydrogen (secondary N) is 1. The summed E-state index contributed by atoms with van der Waals surface area (Å²) in [6.07, 6.45) is 0.863. The molecule has 2 rings (SSSR count). The Morgan fingerprint density at radius 3 is 2.72 bits per heavy atom. The topological polar surface area (TPSA) is 41.6 Å². The molecule has 0 radical (unpaired) electrons. The molecule has 1 N–H and O–H groups in total. The van der Waals surface area contributed by atoms with Crippen LogP contribution in [0.1, 0.15) is 18.0 Å². The third-order valence-corrected chi connectivity index (χ3v) is 3.37. The quantitative estimate of drug-likeness (QED) is 0.851. The SMILES string of the molecule is COCC(NC1CCN(C)C1=O)c1ccccc1. The number of rotatable bonds is 5. The van der Waals surface area contributed by atoms with Gasteiger partial charge in [0.1, 0.15) is 0 Å². The predicted molar refractivity (Wildman–Crippen MR) is 70.2 cm³/mol. The lowest BCUT2D eigenvalue weighted by atomic mass is 10.1. The number of hydrogen-bond acceptors (Lipinski definition) is 3. The largest absolute Gasteiger partial charge is 0.383 e. The van der Waals surface area contributed by atoms with Gasteiger partial charge in [0.25, 0.3) is 0 Å². The molecule has 1 aliphatic rings. The number of nitrogens with zero attached hydrogens (tertiary/aromatic N) is 1. The molecular formula is C14H20N2O2. The van der Waals surface area contributed by atoms with Gasteiger partial charge in [-0.3, -0.25) is 10.1 Å². The first-order chi connectivity index (χ1) is 8.72. The summed E-state index contributed by atoms with van der Waals surface area (Å²) in [6.45, 7) is 1.39. The van der Waals surface area contributed by atoms with Gasteiger partial charge < -0.3 is 9.64 Å². The van der Waals surface area contributed by atoms with Crippen molar-refractivity contribution in [2.45, 2.75) is 18.5 Å². The molecule has 0 spiro atoms. The van der Waals surface area contributed by atoms with Crippen molar-refractivity contribution in [3.05, 3.63) is 35.9 Å². The number of amides is 1. The number of carbonyl (C=O) groups excluding carboxylic acids is 1. The standard InChI is InChI=1S/C14H20N2O2/c1-16-9-8-12(14(16)17)15-13(10-18-2)11-6-4-3-5-7-11/h3-7,12-13,15H,8-10H2,1-2H3. The second kappa shape index (κ2) is 5.98. The number of ether oxygens (including phenoxy) is 1. The summed E-state index contributed by atoms with van der Waals surface area (Å²) in [5, 5.41) is 3.40. The van der Waals surface area contributed by atoms with Gasteiger partial charge in [0.2, 0.25) is 5.91 Å². The van der Waals surface area contributed by atoms with Gasteiger partial charge >= 0.3 is 0 Å². The minimum Gasteiger partial charge on any atom is -0.383 e. The summed E-state index contributed by atoms with van der Waals surface area (Å²) in [5.74, 6) is 0.173. The molecule has 1 amide bonds. The Balaban J connectivity index is 2.05. The highest BCUT2D eigenvalue weighted by Gasteiger charge is 2.30. The minimum absolute atomic E-state index is 0.0663. The first-order valence-corrected chi connectivity index (χ1v) is 6.27. The fourth-order valence-electron chi connectivity index (χ4n) is 2.31. The average molecular weight is 248 g/mol. The van der Waals surface area contributed by atoms with E-state index in [1.54, 1.807) is 12.0 Å². The van der Waals surface area contributed by atoms with Crippen molar-refractivity contribution in [1.29, 1.82) is 0 Å². The van der Waals surface area contributed by atoms with E-state index in [0.29, 0.717) is 6.61 Å². The van der Waals surface area contributed by atoms with Crippen LogP contribution < -0.4 is 5.32 Å². The Labute approximate surface area is 108 Å². The van der Waals surface area contributed by atoms with Crippen molar-refractivity contribution in [2.75, 3.05) is 27.3 Å². The molecule has 0 aliphatic carbocycles. The van der Waals surface area contributed by atoms with Gasteiger partial charge in [0, 0.05) is 20.7 Å². The first-order valence-electron chi connectivity index (χ1n) is 6.27. The lowest BCUT2D eigenvalue weighted by molar-refractivity contribution is -0.128. The second-order valence-electron chi connectivity index (χ2n) is 4.69. The van der Waals surface area contributed by atoms with Crippen LogP contribution in [0.5, 0.6) is 0 Å². The van der Waals surface area contributed by atoms with E-state index in [1.165, 1.54) is 0 Å². The maximum Gasteiger partial charge on any atom is 0.239 e. The molecule has 1 aliphatic heterocycles. The van der Waals surface area contributed by atoms with Crippen LogP contribution in [0.4, 0.5) is 0 Å². The Morgan fingerprint density at radius 2 is 2.17 bits per heavy atom. The van der Waals surface area contributed by atoms with Crippen LogP contribution in [0, 0.1) is 0 Å². The molecule has 18 heavy (non-hydrogen) atoms. The lowest BCUT2D eigenvalue weighted by Crippen LogP contribution is -2.40. The van der Waals surface area contributed by atoms with E-state index in [9.17, 15) is 4.79 Å².